The summed E-state index contributed by atoms with van der Waals surface area (Å²) in [6.45, 7) is 11.0. The fraction of sp³-hybridized carbons (Fsp3) is 0.579. The van der Waals surface area contributed by atoms with Gasteiger partial charge in [0.05, 0.1) is 19.1 Å². The van der Waals surface area contributed by atoms with E-state index in [1.54, 1.807) is 11.8 Å². The van der Waals surface area contributed by atoms with Gasteiger partial charge in [-0.05, 0) is 12.5 Å². The Labute approximate surface area is 146 Å². The molecule has 2 atom stereocenters. The molecule has 1 aliphatic heterocycles. The number of ether oxygens (including phenoxy) is 1. The van der Waals surface area contributed by atoms with Crippen molar-refractivity contribution in [2.75, 3.05) is 26.2 Å². The molecule has 24 heavy (non-hydrogen) atoms. The first kappa shape index (κ1) is 22.1. The predicted octanol–water partition coefficient (Wildman–Crippen LogP) is 2.80. The summed E-state index contributed by atoms with van der Waals surface area (Å²) in [5, 5.41) is 0. The van der Waals surface area contributed by atoms with E-state index in [1.165, 1.54) is 0 Å². The average Bonchev–Trinajstić information content (AvgIpc) is 3.11. The van der Waals surface area contributed by atoms with Crippen LogP contribution in [-0.4, -0.2) is 43.0 Å². The third-order valence-electron chi connectivity index (χ3n) is 3.66. The van der Waals surface area contributed by atoms with Crippen LogP contribution in [0.1, 0.15) is 46.1 Å². The molecule has 136 valence electrons. The Morgan fingerprint density at radius 2 is 1.71 bits per heavy atom. The molecule has 1 aromatic carbocycles. The van der Waals surface area contributed by atoms with E-state index >= 15 is 0 Å². The largest absolute Gasteiger partial charge is 0.466 e. The van der Waals surface area contributed by atoms with Crippen LogP contribution in [0, 0.1) is 5.92 Å². The highest BCUT2D eigenvalue weighted by molar-refractivity contribution is 5.81. The van der Waals surface area contributed by atoms with Crippen LogP contribution in [0.5, 0.6) is 0 Å². The Kier molecular flexibility index (Phi) is 11.5. The van der Waals surface area contributed by atoms with E-state index in [-0.39, 0.29) is 30.3 Å². The van der Waals surface area contributed by atoms with Crippen molar-refractivity contribution >= 4 is 11.9 Å². The number of carbonyl (C=O) groups is 2. The Morgan fingerprint density at radius 3 is 2.21 bits per heavy atom. The average molecular weight is 336 g/mol. The summed E-state index contributed by atoms with van der Waals surface area (Å²) >= 11 is 0. The summed E-state index contributed by atoms with van der Waals surface area (Å²) in [7, 11) is 0. The summed E-state index contributed by atoms with van der Waals surface area (Å²) in [5.41, 5.74) is 6.46. The molecular weight excluding hydrogens is 304 g/mol. The first-order valence-corrected chi connectivity index (χ1v) is 8.86. The molecule has 1 aromatic rings. The number of carbonyl (C=O) groups excluding carboxylic acids is 2. The number of nitrogens with two attached hydrogens (primary N) is 1. The normalized spacial score (nSPS) is 18.7. The van der Waals surface area contributed by atoms with Crippen molar-refractivity contribution in [3.05, 3.63) is 35.9 Å². The second-order valence-electron chi connectivity index (χ2n) is 4.88. The number of amides is 1. The molecule has 0 saturated carbocycles. The maximum Gasteiger partial charge on any atom is 0.311 e. The molecule has 0 bridgehead atoms. The molecule has 0 aliphatic carbocycles. The van der Waals surface area contributed by atoms with Gasteiger partial charge in [-0.3, -0.25) is 9.59 Å². The quantitative estimate of drug-likeness (QED) is 0.858. The molecule has 1 aliphatic rings. The maximum absolute atomic E-state index is 12.1. The van der Waals surface area contributed by atoms with Gasteiger partial charge in [0, 0.05) is 19.0 Å². The summed E-state index contributed by atoms with van der Waals surface area (Å²) in [4.78, 5) is 25.5. The molecule has 2 rings (SSSR count). The van der Waals surface area contributed by atoms with Crippen molar-refractivity contribution in [3.8, 4) is 0 Å². The Balaban J connectivity index is 0.00000123. The highest BCUT2D eigenvalue weighted by Gasteiger charge is 2.40. The smallest absolute Gasteiger partial charge is 0.311 e. The fourth-order valence-corrected chi connectivity index (χ4v) is 2.66. The van der Waals surface area contributed by atoms with Gasteiger partial charge in [-0.2, -0.15) is 0 Å². The third kappa shape index (κ3) is 5.96. The maximum atomic E-state index is 12.1. The Hall–Kier alpha value is -1.88. The number of esters is 1. The van der Waals surface area contributed by atoms with Crippen molar-refractivity contribution < 1.29 is 14.3 Å². The zero-order chi connectivity index (χ0) is 18.5. The van der Waals surface area contributed by atoms with E-state index in [2.05, 4.69) is 0 Å². The molecule has 2 N–H and O–H groups in total. The van der Waals surface area contributed by atoms with Crippen LogP contribution in [0.4, 0.5) is 0 Å². The summed E-state index contributed by atoms with van der Waals surface area (Å²) < 4.78 is 5.13. The summed E-state index contributed by atoms with van der Waals surface area (Å²) in [6, 6.07) is 9.76. The molecule has 5 nitrogen and oxygen atoms in total. The molecule has 5 heteroatoms. The molecular formula is C19H32N2O3. The monoisotopic (exact) mass is 336 g/mol. The van der Waals surface area contributed by atoms with Gasteiger partial charge in [0.1, 0.15) is 0 Å². The fourth-order valence-electron chi connectivity index (χ4n) is 2.66. The van der Waals surface area contributed by atoms with Crippen LogP contribution >= 0.6 is 0 Å². The molecule has 0 aromatic heterocycles. The van der Waals surface area contributed by atoms with Crippen molar-refractivity contribution in [3.63, 3.8) is 0 Å². The molecule has 1 fully saturated rings. The minimum absolute atomic E-state index is 0.0225. The number of hydrogen-bond acceptors (Lipinski definition) is 4. The highest BCUT2D eigenvalue weighted by atomic mass is 16.5. The van der Waals surface area contributed by atoms with E-state index in [9.17, 15) is 9.59 Å². The van der Waals surface area contributed by atoms with E-state index in [0.717, 1.165) is 5.56 Å². The minimum Gasteiger partial charge on any atom is -0.466 e. The van der Waals surface area contributed by atoms with E-state index < -0.39 is 0 Å². The first-order valence-electron chi connectivity index (χ1n) is 8.86. The molecule has 0 spiro atoms. The lowest BCUT2D eigenvalue weighted by Gasteiger charge is -2.16. The zero-order valence-corrected chi connectivity index (χ0v) is 15.6. The van der Waals surface area contributed by atoms with Crippen LogP contribution in [0.3, 0.4) is 0 Å². The molecule has 1 heterocycles. The van der Waals surface area contributed by atoms with E-state index in [0.29, 0.717) is 19.7 Å². The Morgan fingerprint density at radius 1 is 1.12 bits per heavy atom. The van der Waals surface area contributed by atoms with Crippen molar-refractivity contribution in [2.45, 2.75) is 40.5 Å². The van der Waals surface area contributed by atoms with Crippen molar-refractivity contribution in [1.29, 1.82) is 0 Å². The molecule has 1 amide bonds. The molecule has 0 unspecified atom stereocenters. The summed E-state index contributed by atoms with van der Waals surface area (Å²) in [5.74, 6) is -0.704. The highest BCUT2D eigenvalue weighted by Crippen LogP contribution is 2.33. The van der Waals surface area contributed by atoms with Gasteiger partial charge >= 0.3 is 5.97 Å². The van der Waals surface area contributed by atoms with Crippen LogP contribution in [0.15, 0.2) is 30.3 Å². The number of benzene rings is 1. The number of likely N-dealkylation sites (tertiary alicyclic amines) is 1. The van der Waals surface area contributed by atoms with E-state index in [1.807, 2.05) is 58.0 Å². The molecule has 0 radical (unpaired) electrons. The second-order valence-corrected chi connectivity index (χ2v) is 4.88. The van der Waals surface area contributed by atoms with Crippen LogP contribution < -0.4 is 5.73 Å². The first-order chi connectivity index (χ1) is 11.7. The van der Waals surface area contributed by atoms with Crippen molar-refractivity contribution in [2.24, 2.45) is 11.7 Å². The van der Waals surface area contributed by atoms with Gasteiger partial charge in [0.15, 0.2) is 0 Å². The summed E-state index contributed by atoms with van der Waals surface area (Å²) in [6.07, 6.45) is 0. The minimum atomic E-state index is -0.312. The number of nitrogens with zero attached hydrogens (tertiary/aromatic N) is 1. The van der Waals surface area contributed by atoms with Crippen LogP contribution in [-0.2, 0) is 14.3 Å². The van der Waals surface area contributed by atoms with Gasteiger partial charge in [-0.15, -0.1) is 0 Å². The van der Waals surface area contributed by atoms with Gasteiger partial charge < -0.3 is 15.4 Å². The SMILES string of the molecule is CC.CC.CCOC(=O)[C@@H]1CN(C(=O)CN)C[C@H]1c1ccccc1. The molecule has 1 saturated heterocycles. The lowest BCUT2D eigenvalue weighted by atomic mass is 9.89. The lowest BCUT2D eigenvalue weighted by molar-refractivity contribution is -0.148. The van der Waals surface area contributed by atoms with Gasteiger partial charge in [0.25, 0.3) is 0 Å². The van der Waals surface area contributed by atoms with Gasteiger partial charge in [-0.1, -0.05) is 58.0 Å². The predicted molar refractivity (Wildman–Crippen MR) is 97.6 cm³/mol. The zero-order valence-electron chi connectivity index (χ0n) is 15.6. The number of rotatable bonds is 4. The topological polar surface area (TPSA) is 72.6 Å². The third-order valence-corrected chi connectivity index (χ3v) is 3.66. The standard InChI is InChI=1S/C15H20N2O3.2C2H6/c1-2-20-15(19)13-10-17(14(18)8-16)9-12(13)11-6-4-3-5-7-11;2*1-2/h3-7,12-13H,2,8-10,16H2,1H3;2*1-2H3/t12-,13+;;/m0../s1. The van der Waals surface area contributed by atoms with Gasteiger partial charge in [0.2, 0.25) is 5.91 Å². The Bertz CT molecular complexity index is 477. The van der Waals surface area contributed by atoms with Crippen molar-refractivity contribution in [1.82, 2.24) is 4.90 Å². The lowest BCUT2D eigenvalue weighted by Crippen LogP contribution is -2.35. The van der Waals surface area contributed by atoms with Gasteiger partial charge in [-0.25, -0.2) is 0 Å². The van der Waals surface area contributed by atoms with Crippen LogP contribution in [0.2, 0.25) is 0 Å². The number of hydrogen-bond donors (Lipinski definition) is 1. The second kappa shape index (κ2) is 12.5. The van der Waals surface area contributed by atoms with Crippen LogP contribution in [0.25, 0.3) is 0 Å². The van der Waals surface area contributed by atoms with E-state index in [4.69, 9.17) is 10.5 Å².